The van der Waals surface area contributed by atoms with Crippen LogP contribution in [0.3, 0.4) is 0 Å². The quantitative estimate of drug-likeness (QED) is 0.246. The molecule has 0 spiro atoms. The number of primary amides is 1. The molecule has 1 unspecified atom stereocenters. The molecular formula is C21H31ClN2O4. The molecule has 0 bridgehead atoms. The molecule has 0 aromatic rings. The first-order valence-corrected chi connectivity index (χ1v) is 10.2. The number of carbonyl (C=O) groups is 2. The third kappa shape index (κ3) is 8.92. The van der Waals surface area contributed by atoms with Crippen molar-refractivity contribution >= 4 is 23.4 Å². The molecule has 1 atom stereocenters. The number of carbonyl (C=O) groups excluding carboxylic acids is 2. The number of allylic oxidation sites excluding steroid dienone is 1. The molecule has 2 amide bonds. The van der Waals surface area contributed by atoms with E-state index in [1.54, 1.807) is 18.2 Å². The van der Waals surface area contributed by atoms with Gasteiger partial charge in [0.25, 0.3) is 5.91 Å². The van der Waals surface area contributed by atoms with Crippen LogP contribution in [0, 0.1) is 17.8 Å². The minimum Gasteiger partial charge on any atom is -0.379 e. The molecule has 0 fully saturated rings. The van der Waals surface area contributed by atoms with Gasteiger partial charge >= 0.3 is 0 Å². The molecule has 0 aromatic carbocycles. The third-order valence-corrected chi connectivity index (χ3v) is 4.88. The van der Waals surface area contributed by atoms with Crippen molar-refractivity contribution in [3.05, 3.63) is 23.8 Å². The molecule has 0 heterocycles. The SMILES string of the molecule is C#CCNC(=O)C1=CCC(CCOCCOCCCCCCCl)(C(N)=O)C=C1. The smallest absolute Gasteiger partial charge is 0.251 e. The Bertz CT molecular complexity index is 598. The van der Waals surface area contributed by atoms with Crippen molar-refractivity contribution in [2.45, 2.75) is 38.5 Å². The third-order valence-electron chi connectivity index (χ3n) is 4.61. The van der Waals surface area contributed by atoms with E-state index in [1.807, 2.05) is 0 Å². The first kappa shape index (κ1) is 24.2. The van der Waals surface area contributed by atoms with Gasteiger partial charge in [-0.2, -0.15) is 0 Å². The zero-order chi connectivity index (χ0) is 20.7. The average Bonchev–Trinajstić information content (AvgIpc) is 2.70. The van der Waals surface area contributed by atoms with E-state index in [2.05, 4.69) is 11.2 Å². The molecule has 0 saturated carbocycles. The van der Waals surface area contributed by atoms with E-state index in [1.165, 1.54) is 0 Å². The molecule has 1 aliphatic carbocycles. The second-order valence-electron chi connectivity index (χ2n) is 6.68. The van der Waals surface area contributed by atoms with E-state index in [-0.39, 0.29) is 12.5 Å². The van der Waals surface area contributed by atoms with Crippen LogP contribution in [0.15, 0.2) is 23.8 Å². The zero-order valence-electron chi connectivity index (χ0n) is 16.4. The summed E-state index contributed by atoms with van der Waals surface area (Å²) in [6, 6.07) is 0. The van der Waals surface area contributed by atoms with Gasteiger partial charge in [0.2, 0.25) is 5.91 Å². The summed E-state index contributed by atoms with van der Waals surface area (Å²) in [7, 11) is 0. The summed E-state index contributed by atoms with van der Waals surface area (Å²) in [6.45, 7) is 2.26. The lowest BCUT2D eigenvalue weighted by Crippen LogP contribution is -2.38. The second kappa shape index (κ2) is 14.2. The Morgan fingerprint density at radius 1 is 1.18 bits per heavy atom. The number of ether oxygens (including phenoxy) is 2. The maximum Gasteiger partial charge on any atom is 0.251 e. The van der Waals surface area contributed by atoms with Gasteiger partial charge in [0.05, 0.1) is 25.2 Å². The molecule has 1 aliphatic rings. The number of hydrogen-bond donors (Lipinski definition) is 2. The number of halogens is 1. The predicted molar refractivity (Wildman–Crippen MR) is 111 cm³/mol. The lowest BCUT2D eigenvalue weighted by molar-refractivity contribution is -0.126. The maximum absolute atomic E-state index is 12.0. The Kier molecular flexibility index (Phi) is 12.3. The predicted octanol–water partition coefficient (Wildman–Crippen LogP) is 2.32. The molecule has 0 radical (unpaired) electrons. The number of alkyl halides is 1. The van der Waals surface area contributed by atoms with Crippen LogP contribution in [0.5, 0.6) is 0 Å². The highest BCUT2D eigenvalue weighted by Gasteiger charge is 2.35. The van der Waals surface area contributed by atoms with E-state index in [0.717, 1.165) is 32.3 Å². The maximum atomic E-state index is 12.0. The van der Waals surface area contributed by atoms with Crippen molar-refractivity contribution in [2.24, 2.45) is 11.1 Å². The fourth-order valence-corrected chi connectivity index (χ4v) is 2.99. The molecule has 6 nitrogen and oxygen atoms in total. The number of nitrogens with two attached hydrogens (primary N) is 1. The molecule has 156 valence electrons. The van der Waals surface area contributed by atoms with Crippen LogP contribution in [0.25, 0.3) is 0 Å². The minimum absolute atomic E-state index is 0.161. The fourth-order valence-electron chi connectivity index (χ4n) is 2.80. The number of rotatable bonds is 15. The van der Waals surface area contributed by atoms with Crippen molar-refractivity contribution in [3.63, 3.8) is 0 Å². The lowest BCUT2D eigenvalue weighted by atomic mass is 9.76. The van der Waals surface area contributed by atoms with Crippen LogP contribution in [0.4, 0.5) is 0 Å². The summed E-state index contributed by atoms with van der Waals surface area (Å²) in [4.78, 5) is 23.9. The number of nitrogens with one attached hydrogen (secondary N) is 1. The number of hydrogen-bond acceptors (Lipinski definition) is 4. The molecule has 7 heteroatoms. The summed E-state index contributed by atoms with van der Waals surface area (Å²) >= 11 is 5.63. The summed E-state index contributed by atoms with van der Waals surface area (Å²) in [5.41, 5.74) is 5.24. The average molecular weight is 411 g/mol. The zero-order valence-corrected chi connectivity index (χ0v) is 17.1. The summed E-state index contributed by atoms with van der Waals surface area (Å²) < 4.78 is 11.1. The highest BCUT2D eigenvalue weighted by molar-refractivity contribution is 6.17. The first-order chi connectivity index (χ1) is 13.6. The van der Waals surface area contributed by atoms with Crippen molar-refractivity contribution < 1.29 is 19.1 Å². The van der Waals surface area contributed by atoms with Crippen LogP contribution >= 0.6 is 11.6 Å². The van der Waals surface area contributed by atoms with Gasteiger partial charge in [-0.3, -0.25) is 9.59 Å². The van der Waals surface area contributed by atoms with Crippen LogP contribution in [-0.2, 0) is 19.1 Å². The molecule has 1 rings (SSSR count). The van der Waals surface area contributed by atoms with Crippen molar-refractivity contribution in [2.75, 3.05) is 38.9 Å². The van der Waals surface area contributed by atoms with Gasteiger partial charge < -0.3 is 20.5 Å². The minimum atomic E-state index is -0.834. The van der Waals surface area contributed by atoms with Gasteiger partial charge in [-0.1, -0.05) is 37.0 Å². The first-order valence-electron chi connectivity index (χ1n) is 9.68. The molecule has 28 heavy (non-hydrogen) atoms. The molecule has 3 N–H and O–H groups in total. The van der Waals surface area contributed by atoms with Crippen LogP contribution in [0.1, 0.15) is 38.5 Å². The Morgan fingerprint density at radius 3 is 2.50 bits per heavy atom. The van der Waals surface area contributed by atoms with E-state index < -0.39 is 11.3 Å². The molecule has 0 aromatic heterocycles. The molecule has 0 aliphatic heterocycles. The van der Waals surface area contributed by atoms with E-state index in [9.17, 15) is 9.59 Å². The monoisotopic (exact) mass is 410 g/mol. The summed E-state index contributed by atoms with van der Waals surface area (Å²) in [5.74, 6) is 2.37. The Morgan fingerprint density at radius 2 is 1.89 bits per heavy atom. The van der Waals surface area contributed by atoms with Gasteiger partial charge in [-0.25, -0.2) is 0 Å². The second-order valence-corrected chi connectivity index (χ2v) is 7.06. The van der Waals surface area contributed by atoms with Gasteiger partial charge in [-0.05, 0) is 25.7 Å². The highest BCUT2D eigenvalue weighted by Crippen LogP contribution is 2.33. The topological polar surface area (TPSA) is 90.7 Å². The normalized spacial score (nSPS) is 18.4. The lowest BCUT2D eigenvalue weighted by Gasteiger charge is -2.28. The van der Waals surface area contributed by atoms with Crippen LogP contribution in [-0.4, -0.2) is 50.7 Å². The largest absolute Gasteiger partial charge is 0.379 e. The van der Waals surface area contributed by atoms with E-state index in [4.69, 9.17) is 33.2 Å². The van der Waals surface area contributed by atoms with Crippen molar-refractivity contribution in [1.82, 2.24) is 5.32 Å². The fraction of sp³-hybridized carbons (Fsp3) is 0.619. The highest BCUT2D eigenvalue weighted by atomic mass is 35.5. The Labute approximate surface area is 172 Å². The summed E-state index contributed by atoms with van der Waals surface area (Å²) in [5, 5.41) is 2.59. The van der Waals surface area contributed by atoms with E-state index in [0.29, 0.717) is 44.1 Å². The Balaban J connectivity index is 2.25. The molecular weight excluding hydrogens is 380 g/mol. The standard InChI is InChI=1S/C21H31ClN2O4/c1-2-13-24-19(25)18-7-9-21(10-8-18,20(23)26)11-15-28-17-16-27-14-6-4-3-5-12-22/h1,7-9H,3-6,10-17H2,(H2,23,26)(H,24,25). The van der Waals surface area contributed by atoms with Crippen molar-refractivity contribution in [1.29, 1.82) is 0 Å². The van der Waals surface area contributed by atoms with Crippen molar-refractivity contribution in [3.8, 4) is 12.3 Å². The van der Waals surface area contributed by atoms with E-state index >= 15 is 0 Å². The van der Waals surface area contributed by atoms with Gasteiger partial charge in [0.15, 0.2) is 0 Å². The van der Waals surface area contributed by atoms with Crippen LogP contribution in [0.2, 0.25) is 0 Å². The number of amides is 2. The molecule has 0 saturated heterocycles. The van der Waals surface area contributed by atoms with Gasteiger partial charge in [0.1, 0.15) is 0 Å². The van der Waals surface area contributed by atoms with Gasteiger partial charge in [0, 0.05) is 24.7 Å². The van der Waals surface area contributed by atoms with Crippen LogP contribution < -0.4 is 11.1 Å². The number of unbranched alkanes of at least 4 members (excludes halogenated alkanes) is 3. The Hall–Kier alpha value is -1.81. The van der Waals surface area contributed by atoms with Gasteiger partial charge in [-0.15, -0.1) is 18.0 Å². The summed E-state index contributed by atoms with van der Waals surface area (Å²) in [6.07, 6.45) is 15.3. The number of terminal acetylenes is 1.